The molecule has 0 atom stereocenters. The maximum atomic E-state index is 8.91. The molecule has 1 fully saturated rings. The van der Waals surface area contributed by atoms with Gasteiger partial charge in [0.25, 0.3) is 0 Å². The first-order valence-electron chi connectivity index (χ1n) is 7.19. The van der Waals surface area contributed by atoms with Gasteiger partial charge >= 0.3 is 0 Å². The largest absolute Gasteiger partial charge is 0.395 e. The number of unbranched alkanes of at least 4 members (excludes halogenated alkanes) is 1. The average molecular weight is 268 g/mol. The van der Waals surface area contributed by atoms with Gasteiger partial charge in [-0.3, -0.25) is 9.80 Å². The average Bonchev–Trinajstić information content (AvgIpc) is 2.87. The van der Waals surface area contributed by atoms with E-state index in [1.54, 1.807) is 0 Å². The standard InChI is InChI=1S/C13H24N4O2/c1-2-3-4-13-14-12(15-19-13)11-17-7-5-16(6-8-17)9-10-18/h18H,2-11H2,1H3. The summed E-state index contributed by atoms with van der Waals surface area (Å²) < 4.78 is 5.24. The van der Waals surface area contributed by atoms with Crippen molar-refractivity contribution in [2.75, 3.05) is 39.3 Å². The lowest BCUT2D eigenvalue weighted by Gasteiger charge is -2.33. The molecule has 1 N–H and O–H groups in total. The van der Waals surface area contributed by atoms with Gasteiger partial charge in [0.15, 0.2) is 5.82 Å². The highest BCUT2D eigenvalue weighted by Crippen LogP contribution is 2.08. The molecule has 0 radical (unpaired) electrons. The molecule has 2 rings (SSSR count). The first-order chi connectivity index (χ1) is 9.31. The number of aliphatic hydroxyl groups is 1. The summed E-state index contributed by atoms with van der Waals surface area (Å²) in [6.45, 7) is 7.94. The Balaban J connectivity index is 1.74. The smallest absolute Gasteiger partial charge is 0.226 e. The van der Waals surface area contributed by atoms with E-state index in [0.717, 1.165) is 70.2 Å². The monoisotopic (exact) mass is 268 g/mol. The number of aromatic nitrogens is 2. The van der Waals surface area contributed by atoms with E-state index >= 15 is 0 Å². The van der Waals surface area contributed by atoms with Gasteiger partial charge in [0.05, 0.1) is 13.2 Å². The predicted octanol–water partition coefficient (Wildman–Crippen LogP) is 0.522. The highest BCUT2D eigenvalue weighted by molar-refractivity contribution is 4.87. The van der Waals surface area contributed by atoms with Crippen molar-refractivity contribution in [2.45, 2.75) is 32.7 Å². The van der Waals surface area contributed by atoms with Gasteiger partial charge in [-0.2, -0.15) is 4.98 Å². The van der Waals surface area contributed by atoms with E-state index < -0.39 is 0 Å². The van der Waals surface area contributed by atoms with Crippen LogP contribution in [-0.4, -0.2) is 64.4 Å². The molecule has 1 aliphatic heterocycles. The Hall–Kier alpha value is -0.980. The number of aryl methyl sites for hydroxylation is 1. The van der Waals surface area contributed by atoms with Gasteiger partial charge in [0.2, 0.25) is 5.89 Å². The number of aliphatic hydroxyl groups excluding tert-OH is 1. The van der Waals surface area contributed by atoms with Crippen molar-refractivity contribution in [1.29, 1.82) is 0 Å². The summed E-state index contributed by atoms with van der Waals surface area (Å²) in [5.41, 5.74) is 0. The minimum atomic E-state index is 0.242. The Morgan fingerprint density at radius 1 is 1.21 bits per heavy atom. The van der Waals surface area contributed by atoms with E-state index in [0.29, 0.717) is 0 Å². The van der Waals surface area contributed by atoms with Gasteiger partial charge < -0.3 is 9.63 Å². The summed E-state index contributed by atoms with van der Waals surface area (Å²) in [5, 5.41) is 12.9. The van der Waals surface area contributed by atoms with E-state index in [4.69, 9.17) is 9.63 Å². The van der Waals surface area contributed by atoms with Crippen LogP contribution in [0.15, 0.2) is 4.52 Å². The second kappa shape index (κ2) is 7.57. The van der Waals surface area contributed by atoms with Gasteiger partial charge in [0.1, 0.15) is 0 Å². The number of hydrogen-bond donors (Lipinski definition) is 1. The van der Waals surface area contributed by atoms with Crippen LogP contribution in [0.2, 0.25) is 0 Å². The maximum absolute atomic E-state index is 8.91. The molecule has 0 unspecified atom stereocenters. The van der Waals surface area contributed by atoms with Crippen LogP contribution in [0.4, 0.5) is 0 Å². The van der Waals surface area contributed by atoms with Gasteiger partial charge in [-0.05, 0) is 6.42 Å². The number of hydrogen-bond acceptors (Lipinski definition) is 6. The summed E-state index contributed by atoms with van der Waals surface area (Å²) in [6.07, 6.45) is 3.12. The number of β-amino-alcohol motifs (C(OH)–C–C–N with tert-alkyl or cyclic N) is 1. The first kappa shape index (κ1) is 14.4. The zero-order valence-corrected chi connectivity index (χ0v) is 11.7. The molecule has 1 aliphatic rings. The Kier molecular flexibility index (Phi) is 5.75. The molecule has 108 valence electrons. The number of rotatable bonds is 7. The molecule has 1 saturated heterocycles. The third-order valence-corrected chi connectivity index (χ3v) is 3.50. The third-order valence-electron chi connectivity index (χ3n) is 3.50. The first-order valence-corrected chi connectivity index (χ1v) is 7.19. The number of piperazine rings is 1. The van der Waals surface area contributed by atoms with Crippen molar-refractivity contribution in [2.24, 2.45) is 0 Å². The van der Waals surface area contributed by atoms with Crippen LogP contribution in [0.25, 0.3) is 0 Å². The Bertz CT molecular complexity index is 361. The lowest BCUT2D eigenvalue weighted by atomic mass is 10.2. The summed E-state index contributed by atoms with van der Waals surface area (Å²) in [5.74, 6) is 1.55. The van der Waals surface area contributed by atoms with Gasteiger partial charge in [-0.15, -0.1) is 0 Å². The highest BCUT2D eigenvalue weighted by atomic mass is 16.5. The molecule has 6 heteroatoms. The van der Waals surface area contributed by atoms with Crippen LogP contribution in [0.5, 0.6) is 0 Å². The topological polar surface area (TPSA) is 65.6 Å². The van der Waals surface area contributed by atoms with Crippen molar-refractivity contribution in [1.82, 2.24) is 19.9 Å². The fourth-order valence-corrected chi connectivity index (χ4v) is 2.30. The van der Waals surface area contributed by atoms with E-state index in [1.807, 2.05) is 0 Å². The molecule has 6 nitrogen and oxygen atoms in total. The fourth-order valence-electron chi connectivity index (χ4n) is 2.30. The predicted molar refractivity (Wildman–Crippen MR) is 71.7 cm³/mol. The lowest BCUT2D eigenvalue weighted by Crippen LogP contribution is -2.46. The summed E-state index contributed by atoms with van der Waals surface area (Å²) in [7, 11) is 0. The van der Waals surface area contributed by atoms with Crippen LogP contribution in [-0.2, 0) is 13.0 Å². The quantitative estimate of drug-likeness (QED) is 0.778. The molecule has 1 aromatic rings. The molecule has 19 heavy (non-hydrogen) atoms. The minimum absolute atomic E-state index is 0.242. The highest BCUT2D eigenvalue weighted by Gasteiger charge is 2.18. The lowest BCUT2D eigenvalue weighted by molar-refractivity contribution is 0.106. The molecule has 0 aromatic carbocycles. The van der Waals surface area contributed by atoms with Crippen LogP contribution in [0.3, 0.4) is 0 Å². The van der Waals surface area contributed by atoms with Gasteiger partial charge in [-0.1, -0.05) is 18.5 Å². The van der Waals surface area contributed by atoms with Crippen molar-refractivity contribution in [3.63, 3.8) is 0 Å². The molecule has 1 aromatic heterocycles. The van der Waals surface area contributed by atoms with Crippen LogP contribution in [0.1, 0.15) is 31.5 Å². The van der Waals surface area contributed by atoms with Crippen LogP contribution in [0, 0.1) is 0 Å². The second-order valence-corrected chi connectivity index (χ2v) is 5.05. The molecule has 0 saturated carbocycles. The Morgan fingerprint density at radius 2 is 1.95 bits per heavy atom. The van der Waals surface area contributed by atoms with E-state index in [-0.39, 0.29) is 6.61 Å². The fraction of sp³-hybridized carbons (Fsp3) is 0.846. The second-order valence-electron chi connectivity index (χ2n) is 5.05. The normalized spacial score (nSPS) is 18.0. The third kappa shape index (κ3) is 4.56. The molecule has 2 heterocycles. The van der Waals surface area contributed by atoms with E-state index in [2.05, 4.69) is 26.9 Å². The zero-order chi connectivity index (χ0) is 13.5. The molecular weight excluding hydrogens is 244 g/mol. The van der Waals surface area contributed by atoms with Crippen molar-refractivity contribution >= 4 is 0 Å². The molecule has 0 amide bonds. The van der Waals surface area contributed by atoms with Gasteiger partial charge in [-0.25, -0.2) is 0 Å². The van der Waals surface area contributed by atoms with E-state index in [9.17, 15) is 0 Å². The van der Waals surface area contributed by atoms with Crippen molar-refractivity contribution in [3.05, 3.63) is 11.7 Å². The van der Waals surface area contributed by atoms with Crippen LogP contribution >= 0.6 is 0 Å². The van der Waals surface area contributed by atoms with Crippen molar-refractivity contribution < 1.29 is 9.63 Å². The SMILES string of the molecule is CCCCc1nc(CN2CCN(CCO)CC2)no1. The zero-order valence-electron chi connectivity index (χ0n) is 11.7. The molecular formula is C13H24N4O2. The van der Waals surface area contributed by atoms with Gasteiger partial charge in [0, 0.05) is 39.1 Å². The minimum Gasteiger partial charge on any atom is -0.395 e. The van der Waals surface area contributed by atoms with Crippen molar-refractivity contribution in [3.8, 4) is 0 Å². The summed E-state index contributed by atoms with van der Waals surface area (Å²) >= 11 is 0. The summed E-state index contributed by atoms with van der Waals surface area (Å²) in [6, 6.07) is 0. The van der Waals surface area contributed by atoms with Crippen LogP contribution < -0.4 is 0 Å². The maximum Gasteiger partial charge on any atom is 0.226 e. The van der Waals surface area contributed by atoms with E-state index in [1.165, 1.54) is 0 Å². The Morgan fingerprint density at radius 3 is 2.63 bits per heavy atom. The molecule has 0 aliphatic carbocycles. The number of nitrogens with zero attached hydrogens (tertiary/aromatic N) is 4. The molecule has 0 bridgehead atoms. The summed E-state index contributed by atoms with van der Waals surface area (Å²) in [4.78, 5) is 9.04. The molecule has 0 spiro atoms. The Labute approximate surface area is 114 Å².